The molecule has 6 nitrogen and oxygen atoms in total. The lowest BCUT2D eigenvalue weighted by Gasteiger charge is -2.30. The Morgan fingerprint density at radius 3 is 3.13 bits per heavy atom. The van der Waals surface area contributed by atoms with E-state index in [1.807, 2.05) is 24.1 Å². The van der Waals surface area contributed by atoms with Crippen molar-refractivity contribution in [1.82, 2.24) is 19.5 Å². The smallest absolute Gasteiger partial charge is 0.138 e. The Hall–Kier alpha value is -1.99. The van der Waals surface area contributed by atoms with Gasteiger partial charge >= 0.3 is 0 Å². The van der Waals surface area contributed by atoms with Gasteiger partial charge in [-0.25, -0.2) is 15.0 Å². The van der Waals surface area contributed by atoms with Crippen LogP contribution in [0, 0.1) is 6.92 Å². The highest BCUT2D eigenvalue weighted by Gasteiger charge is 2.26. The van der Waals surface area contributed by atoms with Crippen molar-refractivity contribution < 1.29 is 4.74 Å². The highest BCUT2D eigenvalue weighted by molar-refractivity contribution is 7.18. The zero-order valence-corrected chi connectivity index (χ0v) is 14.0. The average molecular weight is 329 g/mol. The van der Waals surface area contributed by atoms with Gasteiger partial charge in [-0.15, -0.1) is 11.3 Å². The molecule has 0 spiro atoms. The van der Waals surface area contributed by atoms with Crippen LogP contribution in [-0.2, 0) is 11.8 Å². The van der Waals surface area contributed by atoms with E-state index < -0.39 is 0 Å². The number of anilines is 1. The van der Waals surface area contributed by atoms with Crippen molar-refractivity contribution in [3.8, 4) is 0 Å². The Balaban J connectivity index is 1.55. The zero-order chi connectivity index (χ0) is 15.8. The fourth-order valence-electron chi connectivity index (χ4n) is 3.10. The third kappa shape index (κ3) is 2.82. The number of thiophene rings is 1. The summed E-state index contributed by atoms with van der Waals surface area (Å²) < 4.78 is 7.96. The van der Waals surface area contributed by atoms with Gasteiger partial charge in [-0.1, -0.05) is 0 Å². The van der Waals surface area contributed by atoms with Crippen molar-refractivity contribution in [2.45, 2.75) is 31.9 Å². The topological polar surface area (TPSA) is 64.9 Å². The minimum Gasteiger partial charge on any atom is -0.372 e. The molecule has 7 heteroatoms. The van der Waals surface area contributed by atoms with Gasteiger partial charge in [0.15, 0.2) is 0 Å². The number of fused-ring (bicyclic) bond motifs is 1. The Morgan fingerprint density at radius 2 is 2.30 bits per heavy atom. The Morgan fingerprint density at radius 1 is 1.39 bits per heavy atom. The molecule has 4 heterocycles. The molecule has 0 aliphatic carbocycles. The van der Waals surface area contributed by atoms with Gasteiger partial charge < -0.3 is 14.6 Å². The first kappa shape index (κ1) is 14.6. The van der Waals surface area contributed by atoms with E-state index in [1.54, 1.807) is 17.7 Å². The van der Waals surface area contributed by atoms with Crippen LogP contribution in [-0.4, -0.2) is 32.2 Å². The van der Waals surface area contributed by atoms with Gasteiger partial charge in [0.2, 0.25) is 0 Å². The Labute approximate surface area is 138 Å². The molecule has 23 heavy (non-hydrogen) atoms. The second-order valence-electron chi connectivity index (χ2n) is 5.95. The van der Waals surface area contributed by atoms with E-state index in [9.17, 15) is 0 Å². The van der Waals surface area contributed by atoms with Crippen molar-refractivity contribution in [1.29, 1.82) is 0 Å². The summed E-state index contributed by atoms with van der Waals surface area (Å²) in [5, 5.41) is 4.70. The maximum Gasteiger partial charge on any atom is 0.138 e. The first-order valence-corrected chi connectivity index (χ1v) is 8.58. The molecule has 1 aliphatic heterocycles. The standard InChI is InChI=1S/C16H19N5OS/c1-10-5-12-15(18-8-19-16(12)23-10)20-11-3-4-22-14(6-11)13-7-17-9-21(13)2/h5,7-9,11,14H,3-4,6H2,1-2H3,(H,18,19,20)/t11-,14+/m0/s1. The quantitative estimate of drug-likeness (QED) is 0.800. The van der Waals surface area contributed by atoms with Crippen LogP contribution in [0.15, 0.2) is 24.9 Å². The molecule has 1 aliphatic rings. The monoisotopic (exact) mass is 329 g/mol. The molecule has 4 rings (SSSR count). The van der Waals surface area contributed by atoms with E-state index in [0.29, 0.717) is 6.04 Å². The second kappa shape index (κ2) is 5.90. The molecular formula is C16H19N5OS. The minimum absolute atomic E-state index is 0.0790. The van der Waals surface area contributed by atoms with Crippen LogP contribution in [0.3, 0.4) is 0 Å². The van der Waals surface area contributed by atoms with Crippen LogP contribution < -0.4 is 5.32 Å². The molecular weight excluding hydrogens is 310 g/mol. The minimum atomic E-state index is 0.0790. The van der Waals surface area contributed by atoms with Gasteiger partial charge in [-0.05, 0) is 25.8 Å². The summed E-state index contributed by atoms with van der Waals surface area (Å²) in [6, 6.07) is 2.49. The number of ether oxygens (including phenoxy) is 1. The highest BCUT2D eigenvalue weighted by atomic mass is 32.1. The summed E-state index contributed by atoms with van der Waals surface area (Å²) in [7, 11) is 2.00. The molecule has 1 saturated heterocycles. The average Bonchev–Trinajstić information content (AvgIpc) is 3.13. The highest BCUT2D eigenvalue weighted by Crippen LogP contribution is 2.32. The van der Waals surface area contributed by atoms with Crippen molar-refractivity contribution in [2.75, 3.05) is 11.9 Å². The van der Waals surface area contributed by atoms with Crippen LogP contribution in [0.5, 0.6) is 0 Å². The van der Waals surface area contributed by atoms with Gasteiger partial charge in [-0.2, -0.15) is 0 Å². The number of imidazole rings is 1. The number of nitrogens with zero attached hydrogens (tertiary/aromatic N) is 4. The van der Waals surface area contributed by atoms with Crippen molar-refractivity contribution >= 4 is 27.4 Å². The first-order valence-electron chi connectivity index (χ1n) is 7.76. The summed E-state index contributed by atoms with van der Waals surface area (Å²) in [5.41, 5.74) is 1.12. The molecule has 0 aromatic carbocycles. The van der Waals surface area contributed by atoms with Crippen molar-refractivity contribution in [2.24, 2.45) is 7.05 Å². The molecule has 0 bridgehead atoms. The Kier molecular flexibility index (Phi) is 3.74. The first-order chi connectivity index (χ1) is 11.2. The summed E-state index contributed by atoms with van der Waals surface area (Å²) in [5.74, 6) is 0.926. The van der Waals surface area contributed by atoms with Crippen LogP contribution in [0.2, 0.25) is 0 Å². The van der Waals surface area contributed by atoms with E-state index in [-0.39, 0.29) is 6.10 Å². The molecule has 0 radical (unpaired) electrons. The second-order valence-corrected chi connectivity index (χ2v) is 7.19. The van der Waals surface area contributed by atoms with E-state index >= 15 is 0 Å². The fraction of sp³-hybridized carbons (Fsp3) is 0.438. The summed E-state index contributed by atoms with van der Waals surface area (Å²) >= 11 is 1.70. The number of aromatic nitrogens is 4. The fourth-order valence-corrected chi connectivity index (χ4v) is 3.94. The van der Waals surface area contributed by atoms with Gasteiger partial charge in [-0.3, -0.25) is 0 Å². The zero-order valence-electron chi connectivity index (χ0n) is 13.2. The third-order valence-electron chi connectivity index (χ3n) is 4.26. The van der Waals surface area contributed by atoms with E-state index in [2.05, 4.69) is 33.3 Å². The van der Waals surface area contributed by atoms with Crippen LogP contribution in [0.1, 0.15) is 29.5 Å². The maximum absolute atomic E-state index is 5.93. The molecule has 120 valence electrons. The molecule has 0 amide bonds. The number of nitrogens with one attached hydrogen (secondary N) is 1. The van der Waals surface area contributed by atoms with E-state index in [1.165, 1.54) is 4.88 Å². The molecule has 0 unspecified atom stereocenters. The molecule has 1 fully saturated rings. The van der Waals surface area contributed by atoms with Crippen LogP contribution in [0.4, 0.5) is 5.82 Å². The number of rotatable bonds is 3. The lowest BCUT2D eigenvalue weighted by molar-refractivity contribution is 0.00556. The van der Waals surface area contributed by atoms with Gasteiger partial charge in [0.25, 0.3) is 0 Å². The SMILES string of the molecule is Cc1cc2c(N[C@H]3CCO[C@@H](c4cncn4C)C3)ncnc2s1. The lowest BCUT2D eigenvalue weighted by Crippen LogP contribution is -2.31. The Bertz CT molecular complexity index is 827. The summed E-state index contributed by atoms with van der Waals surface area (Å²) in [6.45, 7) is 2.84. The summed E-state index contributed by atoms with van der Waals surface area (Å²) in [6.07, 6.45) is 7.31. The number of hydrogen-bond donors (Lipinski definition) is 1. The molecule has 0 saturated carbocycles. The van der Waals surface area contributed by atoms with Crippen molar-refractivity contribution in [3.05, 3.63) is 35.5 Å². The van der Waals surface area contributed by atoms with Crippen LogP contribution in [0.25, 0.3) is 10.2 Å². The predicted molar refractivity (Wildman–Crippen MR) is 90.7 cm³/mol. The molecule has 2 atom stereocenters. The third-order valence-corrected chi connectivity index (χ3v) is 5.22. The molecule has 3 aromatic rings. The number of hydrogen-bond acceptors (Lipinski definition) is 6. The van der Waals surface area contributed by atoms with Crippen molar-refractivity contribution in [3.63, 3.8) is 0 Å². The largest absolute Gasteiger partial charge is 0.372 e. The molecule has 1 N–H and O–H groups in total. The van der Waals surface area contributed by atoms with E-state index in [4.69, 9.17) is 4.74 Å². The molecule has 3 aromatic heterocycles. The predicted octanol–water partition coefficient (Wildman–Crippen LogP) is 3.07. The van der Waals surface area contributed by atoms with E-state index in [0.717, 1.165) is 41.2 Å². The maximum atomic E-state index is 5.93. The van der Waals surface area contributed by atoms with Gasteiger partial charge in [0, 0.05) is 24.6 Å². The normalized spacial score (nSPS) is 21.7. The van der Waals surface area contributed by atoms with Crippen LogP contribution >= 0.6 is 11.3 Å². The van der Waals surface area contributed by atoms with Gasteiger partial charge in [0.1, 0.15) is 23.1 Å². The lowest BCUT2D eigenvalue weighted by atomic mass is 10.0. The number of aryl methyl sites for hydroxylation is 2. The van der Waals surface area contributed by atoms with Gasteiger partial charge in [0.05, 0.1) is 23.6 Å². The summed E-state index contributed by atoms with van der Waals surface area (Å²) in [4.78, 5) is 15.3.